The number of carbonyl (C=O) groups is 1. The van der Waals surface area contributed by atoms with Crippen LogP contribution in [0.25, 0.3) is 5.82 Å². The third-order valence-corrected chi connectivity index (χ3v) is 7.66. The second-order valence-electron chi connectivity index (χ2n) is 10.2. The van der Waals surface area contributed by atoms with Crippen LogP contribution in [0, 0.1) is 26.7 Å². The minimum absolute atomic E-state index is 0.0895. The van der Waals surface area contributed by atoms with E-state index in [0.29, 0.717) is 15.8 Å². The van der Waals surface area contributed by atoms with Crippen LogP contribution >= 0.6 is 23.8 Å². The lowest BCUT2D eigenvalue weighted by Gasteiger charge is -2.28. The van der Waals surface area contributed by atoms with Crippen molar-refractivity contribution in [3.63, 3.8) is 0 Å². The lowest BCUT2D eigenvalue weighted by molar-refractivity contribution is -0.118. The van der Waals surface area contributed by atoms with Gasteiger partial charge in [0.25, 0.3) is 0 Å². The van der Waals surface area contributed by atoms with Gasteiger partial charge in [0, 0.05) is 35.4 Å². The van der Waals surface area contributed by atoms with Crippen LogP contribution in [0.15, 0.2) is 67.0 Å². The first-order chi connectivity index (χ1) is 18.7. The van der Waals surface area contributed by atoms with Crippen LogP contribution in [-0.4, -0.2) is 25.6 Å². The number of halogens is 1. The highest BCUT2D eigenvalue weighted by Crippen LogP contribution is 2.44. The molecule has 0 aliphatic carbocycles. The number of rotatable bonds is 6. The molecule has 1 saturated heterocycles. The molecule has 0 bridgehead atoms. The predicted molar refractivity (Wildman–Crippen MR) is 161 cm³/mol. The molecule has 1 fully saturated rings. The van der Waals surface area contributed by atoms with Gasteiger partial charge in [-0.25, -0.2) is 4.98 Å². The molecule has 2 N–H and O–H groups in total. The SMILES string of the molecule is Cc1ccnc(-n2c(C)cc([C@@H]3[C@@H](c4ccccn4)NC(=S)N3c3ccc(NC(=O)C(C)C)c(Cl)c3)c2C)c1. The van der Waals surface area contributed by atoms with Crippen molar-refractivity contribution in [2.24, 2.45) is 5.92 Å². The second-order valence-corrected chi connectivity index (χ2v) is 11.0. The van der Waals surface area contributed by atoms with Gasteiger partial charge in [-0.2, -0.15) is 0 Å². The van der Waals surface area contributed by atoms with E-state index in [-0.39, 0.29) is 23.9 Å². The molecule has 0 radical (unpaired) electrons. The number of hydrogen-bond acceptors (Lipinski definition) is 4. The minimum Gasteiger partial charge on any atom is -0.351 e. The third kappa shape index (κ3) is 5.14. The van der Waals surface area contributed by atoms with Crippen LogP contribution in [0.3, 0.4) is 0 Å². The van der Waals surface area contributed by atoms with E-state index in [1.807, 2.05) is 62.5 Å². The fraction of sp³-hybridized carbons (Fsp3) is 0.267. The lowest BCUT2D eigenvalue weighted by Crippen LogP contribution is -2.29. The molecule has 9 heteroatoms. The van der Waals surface area contributed by atoms with Crippen LogP contribution in [0.4, 0.5) is 11.4 Å². The summed E-state index contributed by atoms with van der Waals surface area (Å²) in [4.78, 5) is 23.7. The summed E-state index contributed by atoms with van der Waals surface area (Å²) in [5.74, 6) is 0.630. The molecule has 2 atom stereocenters. The molecule has 0 spiro atoms. The fourth-order valence-electron chi connectivity index (χ4n) is 5.06. The van der Waals surface area contributed by atoms with Crippen molar-refractivity contribution in [1.29, 1.82) is 0 Å². The molecule has 1 aliphatic rings. The number of aromatic nitrogens is 3. The van der Waals surface area contributed by atoms with Crippen molar-refractivity contribution in [3.8, 4) is 5.82 Å². The van der Waals surface area contributed by atoms with E-state index in [0.717, 1.165) is 39.7 Å². The normalized spacial score (nSPS) is 17.0. The summed E-state index contributed by atoms with van der Waals surface area (Å²) in [6, 6.07) is 17.4. The van der Waals surface area contributed by atoms with E-state index in [4.69, 9.17) is 23.8 Å². The summed E-state index contributed by atoms with van der Waals surface area (Å²) in [5, 5.41) is 7.43. The Morgan fingerprint density at radius 3 is 2.51 bits per heavy atom. The van der Waals surface area contributed by atoms with E-state index < -0.39 is 0 Å². The Morgan fingerprint density at radius 1 is 1.05 bits per heavy atom. The van der Waals surface area contributed by atoms with Gasteiger partial charge in [-0.3, -0.25) is 9.78 Å². The first-order valence-corrected chi connectivity index (χ1v) is 13.7. The highest BCUT2D eigenvalue weighted by atomic mass is 35.5. The molecular weight excluding hydrogens is 528 g/mol. The molecule has 39 heavy (non-hydrogen) atoms. The van der Waals surface area contributed by atoms with Gasteiger partial charge in [0.05, 0.1) is 28.5 Å². The summed E-state index contributed by atoms with van der Waals surface area (Å²) in [7, 11) is 0. The zero-order valence-corrected chi connectivity index (χ0v) is 24.1. The largest absolute Gasteiger partial charge is 0.351 e. The minimum atomic E-state index is -0.204. The van der Waals surface area contributed by atoms with Gasteiger partial charge in [-0.1, -0.05) is 31.5 Å². The molecule has 3 aromatic heterocycles. The van der Waals surface area contributed by atoms with E-state index in [9.17, 15) is 4.79 Å². The van der Waals surface area contributed by atoms with E-state index in [2.05, 4.69) is 63.0 Å². The summed E-state index contributed by atoms with van der Waals surface area (Å²) in [6.45, 7) is 9.95. The first-order valence-electron chi connectivity index (χ1n) is 12.9. The Kier molecular flexibility index (Phi) is 7.42. The van der Waals surface area contributed by atoms with Crippen LogP contribution in [-0.2, 0) is 4.79 Å². The number of benzene rings is 1. The van der Waals surface area contributed by atoms with Crippen LogP contribution < -0.4 is 15.5 Å². The van der Waals surface area contributed by atoms with Gasteiger partial charge >= 0.3 is 0 Å². The van der Waals surface area contributed by atoms with Crippen molar-refractivity contribution in [2.45, 2.75) is 46.7 Å². The van der Waals surface area contributed by atoms with Gasteiger partial charge < -0.3 is 20.1 Å². The smallest absolute Gasteiger partial charge is 0.226 e. The number of pyridine rings is 2. The Bertz CT molecular complexity index is 1550. The maximum atomic E-state index is 12.3. The summed E-state index contributed by atoms with van der Waals surface area (Å²) < 4.78 is 2.18. The maximum Gasteiger partial charge on any atom is 0.226 e. The van der Waals surface area contributed by atoms with Gasteiger partial charge in [-0.05, 0) is 92.6 Å². The predicted octanol–water partition coefficient (Wildman–Crippen LogP) is 6.62. The van der Waals surface area contributed by atoms with Crippen molar-refractivity contribution in [3.05, 3.63) is 100 Å². The van der Waals surface area contributed by atoms with Gasteiger partial charge in [-0.15, -0.1) is 0 Å². The van der Waals surface area contributed by atoms with Crippen molar-refractivity contribution >= 4 is 46.2 Å². The topological polar surface area (TPSA) is 75.1 Å². The average molecular weight is 559 g/mol. The van der Waals surface area contributed by atoms with Crippen molar-refractivity contribution in [1.82, 2.24) is 19.9 Å². The standard InChI is InChI=1S/C30H31ClN6OS/c1-17(2)29(38)34-24-10-9-21(16-23(24)31)37-28(27(35-30(37)39)25-8-6-7-12-32-25)22-15-19(4)36(20(22)5)26-14-18(3)11-13-33-26/h6-17,27-28H,1-5H3,(H,34,38)(H,35,39)/t27-,28-/m1/s1. The molecule has 4 aromatic rings. The van der Waals surface area contributed by atoms with Crippen molar-refractivity contribution in [2.75, 3.05) is 10.2 Å². The third-order valence-electron chi connectivity index (χ3n) is 7.03. The number of anilines is 2. The Balaban J connectivity index is 1.62. The van der Waals surface area contributed by atoms with E-state index in [1.54, 1.807) is 6.20 Å². The second kappa shape index (κ2) is 10.8. The lowest BCUT2D eigenvalue weighted by atomic mass is 9.96. The molecule has 4 heterocycles. The van der Waals surface area contributed by atoms with E-state index >= 15 is 0 Å². The number of nitrogens with one attached hydrogen (secondary N) is 2. The highest BCUT2D eigenvalue weighted by Gasteiger charge is 2.42. The fourth-order valence-corrected chi connectivity index (χ4v) is 5.63. The zero-order valence-electron chi connectivity index (χ0n) is 22.6. The molecular formula is C30H31ClN6OS. The Hall–Kier alpha value is -3.75. The Morgan fingerprint density at radius 2 is 1.85 bits per heavy atom. The molecule has 0 unspecified atom stereocenters. The van der Waals surface area contributed by atoms with Crippen LogP contribution in [0.2, 0.25) is 5.02 Å². The molecule has 1 amide bonds. The van der Waals surface area contributed by atoms with Crippen LogP contribution in [0.1, 0.15) is 54.1 Å². The monoisotopic (exact) mass is 558 g/mol. The average Bonchev–Trinajstić information content (AvgIpc) is 3.40. The number of amides is 1. The molecule has 1 aliphatic heterocycles. The molecule has 7 nitrogen and oxygen atoms in total. The van der Waals surface area contributed by atoms with Gasteiger partial charge in [0.1, 0.15) is 5.82 Å². The number of thiocarbonyl (C=S) groups is 1. The number of hydrogen-bond donors (Lipinski definition) is 2. The van der Waals surface area contributed by atoms with Crippen molar-refractivity contribution < 1.29 is 4.79 Å². The zero-order chi connectivity index (χ0) is 27.8. The van der Waals surface area contributed by atoms with Crippen LogP contribution in [0.5, 0.6) is 0 Å². The summed E-state index contributed by atoms with van der Waals surface area (Å²) in [6.07, 6.45) is 3.63. The Labute approximate surface area is 239 Å². The first kappa shape index (κ1) is 26.8. The maximum absolute atomic E-state index is 12.3. The highest BCUT2D eigenvalue weighted by molar-refractivity contribution is 7.80. The molecule has 0 saturated carbocycles. The quantitative estimate of drug-likeness (QED) is 0.259. The number of nitrogens with zero attached hydrogens (tertiary/aromatic N) is 4. The van der Waals surface area contributed by atoms with Gasteiger partial charge in [0.15, 0.2) is 5.11 Å². The molecule has 200 valence electrons. The summed E-state index contributed by atoms with van der Waals surface area (Å²) >= 11 is 12.6. The number of carbonyl (C=O) groups excluding carboxylic acids is 1. The number of aryl methyl sites for hydroxylation is 2. The van der Waals surface area contributed by atoms with E-state index in [1.165, 1.54) is 0 Å². The molecule has 1 aromatic carbocycles. The van der Waals surface area contributed by atoms with Gasteiger partial charge in [0.2, 0.25) is 5.91 Å². The molecule has 5 rings (SSSR count). The summed E-state index contributed by atoms with van der Waals surface area (Å²) in [5.41, 5.74) is 6.67.